The Labute approximate surface area is 297 Å². The molecule has 0 bridgehead atoms. The third-order valence-electron chi connectivity index (χ3n) is 9.78. The highest BCUT2D eigenvalue weighted by Gasteiger charge is 2.35. The van der Waals surface area contributed by atoms with Crippen LogP contribution in [-0.4, -0.2) is 132 Å². The molecule has 4 N–H and O–H groups in total. The number of hydrogen-bond acceptors (Lipinski definition) is 6. The first-order valence-electron chi connectivity index (χ1n) is 17.4. The average molecular weight is 701 g/mol. The van der Waals surface area contributed by atoms with Crippen LogP contribution in [0.4, 0.5) is 4.79 Å². The Morgan fingerprint density at radius 1 is 0.824 bits per heavy atom. The number of benzene rings is 2. The molecule has 2 aliphatic heterocycles. The minimum absolute atomic E-state index is 0.0260. The molecule has 1 aromatic heterocycles. The Morgan fingerprint density at radius 2 is 1.51 bits per heavy atom. The molecule has 5 rings (SSSR count). The number of carbonyl (C=O) groups is 6. The van der Waals surface area contributed by atoms with E-state index >= 15 is 0 Å². The number of likely N-dealkylation sites (tertiary alicyclic amines) is 1. The van der Waals surface area contributed by atoms with Crippen LogP contribution in [0.2, 0.25) is 0 Å². The highest BCUT2D eigenvalue weighted by molar-refractivity contribution is 5.95. The minimum Gasteiger partial charge on any atom is -0.361 e. The number of nitrogens with zero attached hydrogens (tertiary/aromatic N) is 4. The van der Waals surface area contributed by atoms with Crippen LogP contribution in [0.5, 0.6) is 0 Å². The molecular formula is C37H48N8O6. The van der Waals surface area contributed by atoms with E-state index in [1.807, 2.05) is 54.6 Å². The van der Waals surface area contributed by atoms with Gasteiger partial charge in [0.2, 0.25) is 29.5 Å². The highest BCUT2D eigenvalue weighted by atomic mass is 16.2. The number of fused-ring (bicyclic) bond motifs is 1. The maximum absolute atomic E-state index is 14.1. The molecule has 3 atom stereocenters. The fraction of sp³-hybridized carbons (Fsp3) is 0.459. The molecule has 2 saturated heterocycles. The van der Waals surface area contributed by atoms with E-state index in [4.69, 9.17) is 0 Å². The predicted octanol–water partition coefficient (Wildman–Crippen LogP) is 1.12. The maximum Gasteiger partial charge on any atom is 0.319 e. The second-order valence-corrected chi connectivity index (χ2v) is 13.5. The third kappa shape index (κ3) is 9.04. The van der Waals surface area contributed by atoms with Crippen LogP contribution in [0, 0.1) is 5.92 Å². The quantitative estimate of drug-likeness (QED) is 0.311. The molecule has 0 radical (unpaired) electrons. The summed E-state index contributed by atoms with van der Waals surface area (Å²) in [5.74, 6) is -2.71. The van der Waals surface area contributed by atoms with Crippen molar-refractivity contribution in [1.82, 2.24) is 40.5 Å². The number of aromatic nitrogens is 1. The summed E-state index contributed by atoms with van der Waals surface area (Å²) in [6.45, 7) is 2.09. The molecule has 2 aliphatic rings. The Balaban J connectivity index is 1.42. The van der Waals surface area contributed by atoms with Gasteiger partial charge in [0.05, 0.1) is 6.54 Å². The van der Waals surface area contributed by atoms with Gasteiger partial charge in [0.1, 0.15) is 18.1 Å². The van der Waals surface area contributed by atoms with E-state index in [0.717, 1.165) is 22.0 Å². The third-order valence-corrected chi connectivity index (χ3v) is 9.78. The van der Waals surface area contributed by atoms with Gasteiger partial charge < -0.3 is 40.5 Å². The van der Waals surface area contributed by atoms with Crippen LogP contribution < -0.4 is 16.0 Å². The molecule has 0 saturated carbocycles. The number of urea groups is 1. The van der Waals surface area contributed by atoms with Crippen molar-refractivity contribution in [1.29, 1.82) is 0 Å². The van der Waals surface area contributed by atoms with Gasteiger partial charge in [0.25, 0.3) is 0 Å². The number of carbonyl (C=O) groups excluding carboxylic acids is 6. The molecule has 51 heavy (non-hydrogen) atoms. The number of aromatic amines is 1. The number of amides is 7. The number of likely N-dealkylation sites (N-methyl/N-ethyl adjacent to an activating group) is 1. The summed E-state index contributed by atoms with van der Waals surface area (Å²) >= 11 is 0. The lowest BCUT2D eigenvalue weighted by molar-refractivity contribution is -0.143. The van der Waals surface area contributed by atoms with Gasteiger partial charge in [-0.25, -0.2) is 4.79 Å². The summed E-state index contributed by atoms with van der Waals surface area (Å²) in [6.07, 6.45) is 3.00. The topological polar surface area (TPSA) is 167 Å². The van der Waals surface area contributed by atoms with Gasteiger partial charge >= 0.3 is 6.03 Å². The van der Waals surface area contributed by atoms with Gasteiger partial charge in [-0.2, -0.15) is 0 Å². The van der Waals surface area contributed by atoms with Crippen molar-refractivity contribution < 1.29 is 28.8 Å². The molecule has 2 fully saturated rings. The Hall–Kier alpha value is -5.40. The molecular weight excluding hydrogens is 652 g/mol. The highest BCUT2D eigenvalue weighted by Crippen LogP contribution is 2.22. The second kappa shape index (κ2) is 16.5. The fourth-order valence-corrected chi connectivity index (χ4v) is 6.66. The molecule has 272 valence electrons. The van der Waals surface area contributed by atoms with Crippen molar-refractivity contribution in [2.24, 2.45) is 5.92 Å². The first-order chi connectivity index (χ1) is 24.4. The van der Waals surface area contributed by atoms with Crippen LogP contribution in [0.3, 0.4) is 0 Å². The van der Waals surface area contributed by atoms with Gasteiger partial charge in [-0.05, 0) is 37.0 Å². The lowest BCUT2D eigenvalue weighted by atomic mass is 9.95. The monoisotopic (exact) mass is 700 g/mol. The van der Waals surface area contributed by atoms with Crippen molar-refractivity contribution in [2.75, 3.05) is 53.9 Å². The Morgan fingerprint density at radius 3 is 2.22 bits per heavy atom. The van der Waals surface area contributed by atoms with Crippen molar-refractivity contribution in [3.63, 3.8) is 0 Å². The van der Waals surface area contributed by atoms with Gasteiger partial charge in [0, 0.05) is 83.2 Å². The standard InChI is InChI=1S/C37H48N8O6/c1-24-33(47)41-30(20-25-10-6-5-7-11-25)34(48)38-16-19-45(35(49)26-14-17-44(18-15-26)37(51)42(2)3)23-32(46)40-31(36(50)43(24)4)21-27-22-39-29-13-9-8-12-28(27)29/h5-13,22,24,26,30-31,39H,14-21,23H2,1-4H3,(H,38,48)(H,40,46)(H,41,47)/t24-,30-,31-/m0/s1. The van der Waals surface area contributed by atoms with E-state index in [9.17, 15) is 28.8 Å². The summed E-state index contributed by atoms with van der Waals surface area (Å²) in [4.78, 5) is 90.5. The second-order valence-electron chi connectivity index (χ2n) is 13.5. The van der Waals surface area contributed by atoms with Gasteiger partial charge in [-0.15, -0.1) is 0 Å². The number of rotatable bonds is 5. The van der Waals surface area contributed by atoms with Crippen LogP contribution >= 0.6 is 0 Å². The van der Waals surface area contributed by atoms with Crippen molar-refractivity contribution in [3.05, 3.63) is 71.9 Å². The zero-order chi connectivity index (χ0) is 36.7. The number of para-hydroxylation sites is 1. The molecule has 3 heterocycles. The van der Waals surface area contributed by atoms with Crippen LogP contribution in [0.25, 0.3) is 10.9 Å². The smallest absolute Gasteiger partial charge is 0.319 e. The molecule has 14 nitrogen and oxygen atoms in total. The normalized spacial score (nSPS) is 21.7. The molecule has 7 amide bonds. The summed E-state index contributed by atoms with van der Waals surface area (Å²) in [5, 5.41) is 9.44. The predicted molar refractivity (Wildman–Crippen MR) is 191 cm³/mol. The van der Waals surface area contributed by atoms with Gasteiger partial charge in [-0.3, -0.25) is 24.0 Å². The van der Waals surface area contributed by atoms with Crippen LogP contribution in [-0.2, 0) is 36.8 Å². The molecule has 14 heteroatoms. The van der Waals surface area contributed by atoms with Crippen molar-refractivity contribution >= 4 is 46.5 Å². The van der Waals surface area contributed by atoms with E-state index in [1.54, 1.807) is 32.1 Å². The maximum atomic E-state index is 14.1. The number of hydrogen-bond donors (Lipinski definition) is 4. The van der Waals surface area contributed by atoms with E-state index < -0.39 is 47.7 Å². The van der Waals surface area contributed by atoms with Gasteiger partial charge in [-0.1, -0.05) is 48.5 Å². The average Bonchev–Trinajstić information content (AvgIpc) is 3.54. The summed E-state index contributed by atoms with van der Waals surface area (Å²) < 4.78 is 0. The molecule has 0 unspecified atom stereocenters. The summed E-state index contributed by atoms with van der Waals surface area (Å²) in [6, 6.07) is 13.8. The summed E-state index contributed by atoms with van der Waals surface area (Å²) in [7, 11) is 4.86. The first kappa shape index (κ1) is 36.9. The first-order valence-corrected chi connectivity index (χ1v) is 17.4. The van der Waals surface area contributed by atoms with E-state index in [-0.39, 0.29) is 44.4 Å². The number of piperidine rings is 1. The van der Waals surface area contributed by atoms with Crippen molar-refractivity contribution in [3.8, 4) is 0 Å². The van der Waals surface area contributed by atoms with E-state index in [2.05, 4.69) is 20.9 Å². The largest absolute Gasteiger partial charge is 0.361 e. The Kier molecular flexibility index (Phi) is 12.0. The van der Waals surface area contributed by atoms with Crippen LogP contribution in [0.15, 0.2) is 60.8 Å². The fourth-order valence-electron chi connectivity index (χ4n) is 6.66. The van der Waals surface area contributed by atoms with Crippen LogP contribution in [0.1, 0.15) is 30.9 Å². The molecule has 0 aliphatic carbocycles. The number of H-pyrrole nitrogens is 1. The van der Waals surface area contributed by atoms with Gasteiger partial charge in [0.15, 0.2) is 0 Å². The Bertz CT molecular complexity index is 1730. The zero-order valence-corrected chi connectivity index (χ0v) is 29.7. The van der Waals surface area contributed by atoms with E-state index in [1.165, 1.54) is 21.7 Å². The lowest BCUT2D eigenvalue weighted by Gasteiger charge is -2.35. The minimum atomic E-state index is -1.06. The molecule has 0 spiro atoms. The molecule has 2 aromatic carbocycles. The van der Waals surface area contributed by atoms with E-state index in [0.29, 0.717) is 25.9 Å². The molecule has 3 aromatic rings. The lowest BCUT2D eigenvalue weighted by Crippen LogP contribution is -2.57. The SMILES string of the molecule is C[C@H]1C(=O)N[C@@H](Cc2ccccc2)C(=O)NCCN(C(=O)C2CCN(C(=O)N(C)C)CC2)CC(=O)N[C@@H](Cc2c[nH]c3ccccc23)C(=O)N1C. The number of nitrogens with one attached hydrogen (secondary N) is 4. The zero-order valence-electron chi connectivity index (χ0n) is 29.7. The van der Waals surface area contributed by atoms with Crippen molar-refractivity contribution in [2.45, 2.75) is 50.7 Å². The summed E-state index contributed by atoms with van der Waals surface area (Å²) in [5.41, 5.74) is 2.51.